The lowest BCUT2D eigenvalue weighted by Crippen LogP contribution is -2.05. The van der Waals surface area contributed by atoms with E-state index in [4.69, 9.17) is 23.2 Å². The molecule has 2 aromatic rings. The van der Waals surface area contributed by atoms with Crippen molar-refractivity contribution in [2.75, 3.05) is 7.05 Å². The second kappa shape index (κ2) is 5.70. The van der Waals surface area contributed by atoms with Crippen LogP contribution in [0.1, 0.15) is 5.56 Å². The first-order valence-electron chi connectivity index (χ1n) is 5.50. The van der Waals surface area contributed by atoms with Gasteiger partial charge in [0, 0.05) is 27.7 Å². The standard InChI is InChI=1S/C14H12Cl2FN/c1-18-8-9-2-5-14(17)12(6-9)11-7-10(15)3-4-13(11)16/h2-7,18H,8H2,1H3. The maximum absolute atomic E-state index is 13.9. The summed E-state index contributed by atoms with van der Waals surface area (Å²) in [5.74, 6) is -0.306. The second-order valence-corrected chi connectivity index (χ2v) is 4.81. The third-order valence-electron chi connectivity index (χ3n) is 2.63. The van der Waals surface area contributed by atoms with Crippen molar-refractivity contribution in [1.82, 2.24) is 5.32 Å². The summed E-state index contributed by atoms with van der Waals surface area (Å²) in [4.78, 5) is 0. The minimum atomic E-state index is -0.306. The summed E-state index contributed by atoms with van der Waals surface area (Å²) in [5.41, 5.74) is 2.07. The molecule has 0 radical (unpaired) electrons. The first-order chi connectivity index (χ1) is 8.61. The van der Waals surface area contributed by atoms with Gasteiger partial charge >= 0.3 is 0 Å². The van der Waals surface area contributed by atoms with Crippen molar-refractivity contribution >= 4 is 23.2 Å². The van der Waals surface area contributed by atoms with Gasteiger partial charge in [0.1, 0.15) is 5.82 Å². The zero-order chi connectivity index (χ0) is 13.1. The Kier molecular flexibility index (Phi) is 4.23. The molecule has 94 valence electrons. The smallest absolute Gasteiger partial charge is 0.131 e. The highest BCUT2D eigenvalue weighted by Crippen LogP contribution is 2.32. The summed E-state index contributed by atoms with van der Waals surface area (Å²) >= 11 is 12.0. The first-order valence-corrected chi connectivity index (χ1v) is 6.26. The van der Waals surface area contributed by atoms with E-state index >= 15 is 0 Å². The van der Waals surface area contributed by atoms with Crippen molar-refractivity contribution in [3.63, 3.8) is 0 Å². The molecule has 0 aliphatic heterocycles. The van der Waals surface area contributed by atoms with E-state index in [9.17, 15) is 4.39 Å². The molecule has 0 unspecified atom stereocenters. The summed E-state index contributed by atoms with van der Waals surface area (Å²) in [5, 5.41) is 4.05. The molecule has 0 heterocycles. The quantitative estimate of drug-likeness (QED) is 0.873. The van der Waals surface area contributed by atoms with Crippen molar-refractivity contribution < 1.29 is 4.39 Å². The lowest BCUT2D eigenvalue weighted by Gasteiger charge is -2.09. The zero-order valence-corrected chi connectivity index (χ0v) is 11.3. The number of benzene rings is 2. The first kappa shape index (κ1) is 13.3. The molecule has 2 rings (SSSR count). The fraction of sp³-hybridized carbons (Fsp3) is 0.143. The summed E-state index contributed by atoms with van der Waals surface area (Å²) in [6.07, 6.45) is 0. The molecule has 0 amide bonds. The van der Waals surface area contributed by atoms with Gasteiger partial charge in [0.2, 0.25) is 0 Å². The molecule has 0 atom stereocenters. The fourth-order valence-corrected chi connectivity index (χ4v) is 2.19. The van der Waals surface area contributed by atoms with Crippen LogP contribution in [0, 0.1) is 5.82 Å². The molecule has 0 fully saturated rings. The highest BCUT2D eigenvalue weighted by molar-refractivity contribution is 6.35. The Bertz CT molecular complexity index is 570. The average Bonchev–Trinajstić information content (AvgIpc) is 2.35. The van der Waals surface area contributed by atoms with Crippen molar-refractivity contribution in [1.29, 1.82) is 0 Å². The maximum Gasteiger partial charge on any atom is 0.131 e. The number of rotatable bonds is 3. The summed E-state index contributed by atoms with van der Waals surface area (Å²) in [7, 11) is 1.84. The third kappa shape index (κ3) is 2.83. The molecular weight excluding hydrogens is 272 g/mol. The number of hydrogen-bond donors (Lipinski definition) is 1. The monoisotopic (exact) mass is 283 g/mol. The van der Waals surface area contributed by atoms with Crippen LogP contribution in [0.3, 0.4) is 0 Å². The van der Waals surface area contributed by atoms with Crippen LogP contribution in [-0.2, 0) is 6.54 Å². The van der Waals surface area contributed by atoms with Crippen LogP contribution in [0.15, 0.2) is 36.4 Å². The van der Waals surface area contributed by atoms with Gasteiger partial charge in [-0.05, 0) is 42.9 Å². The van der Waals surface area contributed by atoms with Gasteiger partial charge < -0.3 is 5.32 Å². The molecular formula is C14H12Cl2FN. The normalized spacial score (nSPS) is 10.7. The third-order valence-corrected chi connectivity index (χ3v) is 3.19. The van der Waals surface area contributed by atoms with Gasteiger partial charge in [-0.3, -0.25) is 0 Å². The number of halogens is 3. The van der Waals surface area contributed by atoms with E-state index in [1.807, 2.05) is 7.05 Å². The van der Waals surface area contributed by atoms with Gasteiger partial charge in [-0.15, -0.1) is 0 Å². The SMILES string of the molecule is CNCc1ccc(F)c(-c2cc(Cl)ccc2Cl)c1. The van der Waals surface area contributed by atoms with Crippen LogP contribution in [-0.4, -0.2) is 7.05 Å². The van der Waals surface area contributed by atoms with Gasteiger partial charge in [-0.1, -0.05) is 29.3 Å². The number of hydrogen-bond acceptors (Lipinski definition) is 1. The van der Waals surface area contributed by atoms with E-state index in [0.717, 1.165) is 5.56 Å². The molecule has 0 bridgehead atoms. The van der Waals surface area contributed by atoms with Crippen LogP contribution in [0.25, 0.3) is 11.1 Å². The molecule has 0 saturated heterocycles. The molecule has 1 nitrogen and oxygen atoms in total. The fourth-order valence-electron chi connectivity index (χ4n) is 1.80. The summed E-state index contributed by atoms with van der Waals surface area (Å²) in [6, 6.07) is 9.99. The van der Waals surface area contributed by atoms with E-state index in [2.05, 4.69) is 5.32 Å². The summed E-state index contributed by atoms with van der Waals surface area (Å²) < 4.78 is 13.9. The Balaban J connectivity index is 2.55. The minimum Gasteiger partial charge on any atom is -0.316 e. The predicted octanol–water partition coefficient (Wildman–Crippen LogP) is 4.52. The Morgan fingerprint density at radius 2 is 1.83 bits per heavy atom. The Morgan fingerprint density at radius 1 is 1.06 bits per heavy atom. The van der Waals surface area contributed by atoms with Gasteiger partial charge in [0.05, 0.1) is 0 Å². The van der Waals surface area contributed by atoms with Crippen molar-refractivity contribution in [3.05, 3.63) is 57.8 Å². The molecule has 0 saturated carbocycles. The van der Waals surface area contributed by atoms with Crippen molar-refractivity contribution in [3.8, 4) is 11.1 Å². The van der Waals surface area contributed by atoms with Crippen LogP contribution < -0.4 is 5.32 Å². The van der Waals surface area contributed by atoms with Crippen LogP contribution >= 0.6 is 23.2 Å². The van der Waals surface area contributed by atoms with Gasteiger partial charge in [0.15, 0.2) is 0 Å². The second-order valence-electron chi connectivity index (χ2n) is 3.97. The molecule has 0 aromatic heterocycles. The molecule has 1 N–H and O–H groups in total. The Hall–Kier alpha value is -1.09. The predicted molar refractivity (Wildman–Crippen MR) is 74.6 cm³/mol. The van der Waals surface area contributed by atoms with E-state index in [1.54, 1.807) is 30.3 Å². The number of nitrogens with one attached hydrogen (secondary N) is 1. The molecule has 2 aromatic carbocycles. The van der Waals surface area contributed by atoms with Crippen LogP contribution in [0.5, 0.6) is 0 Å². The highest BCUT2D eigenvalue weighted by atomic mass is 35.5. The van der Waals surface area contributed by atoms with Gasteiger partial charge in [-0.25, -0.2) is 4.39 Å². The Morgan fingerprint density at radius 3 is 2.56 bits per heavy atom. The van der Waals surface area contributed by atoms with E-state index in [1.165, 1.54) is 6.07 Å². The highest BCUT2D eigenvalue weighted by Gasteiger charge is 2.10. The van der Waals surface area contributed by atoms with E-state index < -0.39 is 0 Å². The largest absolute Gasteiger partial charge is 0.316 e. The van der Waals surface area contributed by atoms with Crippen LogP contribution in [0.4, 0.5) is 4.39 Å². The minimum absolute atomic E-state index is 0.306. The van der Waals surface area contributed by atoms with Crippen molar-refractivity contribution in [2.45, 2.75) is 6.54 Å². The Labute approximate surface area is 116 Å². The zero-order valence-electron chi connectivity index (χ0n) is 9.81. The molecule has 0 aliphatic carbocycles. The lowest BCUT2D eigenvalue weighted by molar-refractivity contribution is 0.630. The molecule has 0 aliphatic rings. The van der Waals surface area contributed by atoms with E-state index in [0.29, 0.717) is 27.7 Å². The van der Waals surface area contributed by atoms with Crippen LogP contribution in [0.2, 0.25) is 10.0 Å². The molecule has 4 heteroatoms. The van der Waals surface area contributed by atoms with Gasteiger partial charge in [-0.2, -0.15) is 0 Å². The lowest BCUT2D eigenvalue weighted by atomic mass is 10.0. The topological polar surface area (TPSA) is 12.0 Å². The summed E-state index contributed by atoms with van der Waals surface area (Å²) in [6.45, 7) is 0.672. The van der Waals surface area contributed by atoms with E-state index in [-0.39, 0.29) is 5.82 Å². The van der Waals surface area contributed by atoms with Gasteiger partial charge in [0.25, 0.3) is 0 Å². The maximum atomic E-state index is 13.9. The molecule has 18 heavy (non-hydrogen) atoms. The van der Waals surface area contributed by atoms with Crippen molar-refractivity contribution in [2.24, 2.45) is 0 Å². The average molecular weight is 284 g/mol. The molecule has 0 spiro atoms.